The van der Waals surface area contributed by atoms with Crippen LogP contribution in [-0.4, -0.2) is 5.91 Å². The minimum atomic E-state index is -0.00495. The summed E-state index contributed by atoms with van der Waals surface area (Å²) >= 11 is 0. The Kier molecular flexibility index (Phi) is 6.37. The van der Waals surface area contributed by atoms with Crippen LogP contribution in [0.4, 0.5) is 22.7 Å². The highest BCUT2D eigenvalue weighted by Gasteiger charge is 2.18. The standard InChI is InChI=1S/C29H28N2O/c1-21-13-16-27(17-14-21)31(23(3)32)29-18-15-22(2)19-25(29)20-24-9-7-8-12-28(24)30-26-10-5-4-6-11-26/h4-19,30H,20H2,1-3H3. The van der Waals surface area contributed by atoms with E-state index in [0.29, 0.717) is 6.42 Å². The predicted octanol–water partition coefficient (Wildman–Crippen LogP) is 7.32. The summed E-state index contributed by atoms with van der Waals surface area (Å²) in [6, 6.07) is 32.9. The van der Waals surface area contributed by atoms with Gasteiger partial charge in [0.1, 0.15) is 0 Å². The molecule has 3 heteroatoms. The first-order chi connectivity index (χ1) is 15.5. The van der Waals surface area contributed by atoms with E-state index in [1.54, 1.807) is 11.8 Å². The molecular formula is C29H28N2O. The van der Waals surface area contributed by atoms with Crippen molar-refractivity contribution in [1.82, 2.24) is 0 Å². The Labute approximate surface area is 190 Å². The quantitative estimate of drug-likeness (QED) is 0.354. The van der Waals surface area contributed by atoms with Crippen molar-refractivity contribution < 1.29 is 4.79 Å². The Morgan fingerprint density at radius 3 is 2.12 bits per heavy atom. The molecule has 0 aliphatic heterocycles. The van der Waals surface area contributed by atoms with Crippen LogP contribution in [-0.2, 0) is 11.2 Å². The van der Waals surface area contributed by atoms with Crippen LogP contribution >= 0.6 is 0 Å². The highest BCUT2D eigenvalue weighted by Crippen LogP contribution is 2.33. The average molecular weight is 421 g/mol. The van der Waals surface area contributed by atoms with E-state index in [1.807, 2.05) is 48.5 Å². The Hall–Kier alpha value is -3.85. The first-order valence-electron chi connectivity index (χ1n) is 10.9. The van der Waals surface area contributed by atoms with Crippen LogP contribution < -0.4 is 10.2 Å². The molecule has 160 valence electrons. The summed E-state index contributed by atoms with van der Waals surface area (Å²) in [4.78, 5) is 14.5. The van der Waals surface area contributed by atoms with Gasteiger partial charge in [-0.1, -0.05) is 71.8 Å². The third kappa shape index (κ3) is 4.89. The van der Waals surface area contributed by atoms with E-state index in [2.05, 4.69) is 67.7 Å². The number of rotatable bonds is 6. The SMILES string of the molecule is CC(=O)N(c1ccc(C)cc1)c1ccc(C)cc1Cc1ccccc1Nc1ccccc1. The van der Waals surface area contributed by atoms with E-state index in [1.165, 1.54) is 16.7 Å². The summed E-state index contributed by atoms with van der Waals surface area (Å²) < 4.78 is 0. The van der Waals surface area contributed by atoms with Gasteiger partial charge in [0.15, 0.2) is 0 Å². The lowest BCUT2D eigenvalue weighted by atomic mass is 9.98. The van der Waals surface area contributed by atoms with Gasteiger partial charge in [-0.15, -0.1) is 0 Å². The molecule has 3 nitrogen and oxygen atoms in total. The second kappa shape index (κ2) is 9.52. The van der Waals surface area contributed by atoms with Gasteiger partial charge < -0.3 is 5.32 Å². The Bertz CT molecular complexity index is 1210. The van der Waals surface area contributed by atoms with Crippen LogP contribution in [0.1, 0.15) is 29.2 Å². The van der Waals surface area contributed by atoms with E-state index in [9.17, 15) is 4.79 Å². The molecule has 4 aromatic carbocycles. The molecule has 1 amide bonds. The molecule has 32 heavy (non-hydrogen) atoms. The summed E-state index contributed by atoms with van der Waals surface area (Å²) in [7, 11) is 0. The van der Waals surface area contributed by atoms with Gasteiger partial charge in [0.25, 0.3) is 0 Å². The molecule has 0 radical (unpaired) electrons. The molecule has 4 rings (SSSR count). The topological polar surface area (TPSA) is 32.3 Å². The van der Waals surface area contributed by atoms with Crippen LogP contribution in [0.2, 0.25) is 0 Å². The fourth-order valence-corrected chi connectivity index (χ4v) is 3.94. The lowest BCUT2D eigenvalue weighted by molar-refractivity contribution is -0.115. The number of anilines is 4. The van der Waals surface area contributed by atoms with Crippen LogP contribution in [0.15, 0.2) is 97.1 Å². The summed E-state index contributed by atoms with van der Waals surface area (Å²) in [5.74, 6) is -0.00495. The second-order valence-electron chi connectivity index (χ2n) is 8.15. The van der Waals surface area contributed by atoms with Crippen molar-refractivity contribution in [3.05, 3.63) is 119 Å². The molecule has 0 unspecified atom stereocenters. The van der Waals surface area contributed by atoms with Gasteiger partial charge in [-0.3, -0.25) is 9.69 Å². The number of hydrogen-bond donors (Lipinski definition) is 1. The van der Waals surface area contributed by atoms with Gasteiger partial charge in [0, 0.05) is 30.4 Å². The normalized spacial score (nSPS) is 10.6. The zero-order valence-electron chi connectivity index (χ0n) is 18.8. The van der Waals surface area contributed by atoms with E-state index in [0.717, 1.165) is 28.3 Å². The van der Waals surface area contributed by atoms with E-state index < -0.39 is 0 Å². The number of benzene rings is 4. The molecule has 0 aliphatic rings. The monoisotopic (exact) mass is 420 g/mol. The molecule has 4 aromatic rings. The van der Waals surface area contributed by atoms with Gasteiger partial charge in [-0.2, -0.15) is 0 Å². The van der Waals surface area contributed by atoms with Crippen molar-refractivity contribution in [1.29, 1.82) is 0 Å². The molecule has 0 heterocycles. The number of aryl methyl sites for hydroxylation is 2. The van der Waals surface area contributed by atoms with Crippen LogP contribution in [0, 0.1) is 13.8 Å². The number of amides is 1. The number of carbonyl (C=O) groups is 1. The van der Waals surface area contributed by atoms with Crippen molar-refractivity contribution in [3.8, 4) is 0 Å². The fourth-order valence-electron chi connectivity index (χ4n) is 3.94. The maximum Gasteiger partial charge on any atom is 0.228 e. The summed E-state index contributed by atoms with van der Waals surface area (Å²) in [5, 5.41) is 3.54. The summed E-state index contributed by atoms with van der Waals surface area (Å²) in [5.41, 5.74) is 8.54. The Morgan fingerprint density at radius 2 is 1.41 bits per heavy atom. The molecule has 0 saturated heterocycles. The molecule has 0 aromatic heterocycles. The summed E-state index contributed by atoms with van der Waals surface area (Å²) in [6.07, 6.45) is 0.711. The third-order valence-corrected chi connectivity index (χ3v) is 5.53. The maximum atomic E-state index is 12.7. The lowest BCUT2D eigenvalue weighted by Gasteiger charge is -2.25. The van der Waals surface area contributed by atoms with Crippen molar-refractivity contribution in [2.24, 2.45) is 0 Å². The second-order valence-corrected chi connectivity index (χ2v) is 8.15. The molecule has 0 saturated carbocycles. The molecule has 0 atom stereocenters. The number of para-hydroxylation sites is 2. The minimum absolute atomic E-state index is 0.00495. The predicted molar refractivity (Wildman–Crippen MR) is 134 cm³/mol. The van der Waals surface area contributed by atoms with Gasteiger partial charge in [-0.25, -0.2) is 0 Å². The van der Waals surface area contributed by atoms with Gasteiger partial charge in [0.2, 0.25) is 5.91 Å². The van der Waals surface area contributed by atoms with Crippen LogP contribution in [0.5, 0.6) is 0 Å². The number of carbonyl (C=O) groups excluding carboxylic acids is 1. The number of hydrogen-bond acceptors (Lipinski definition) is 2. The van der Waals surface area contributed by atoms with Crippen LogP contribution in [0.3, 0.4) is 0 Å². The van der Waals surface area contributed by atoms with E-state index in [4.69, 9.17) is 0 Å². The summed E-state index contributed by atoms with van der Waals surface area (Å²) in [6.45, 7) is 5.76. The lowest BCUT2D eigenvalue weighted by Crippen LogP contribution is -2.24. The molecule has 0 spiro atoms. The van der Waals surface area contributed by atoms with Crippen LogP contribution in [0.25, 0.3) is 0 Å². The maximum absolute atomic E-state index is 12.7. The van der Waals surface area contributed by atoms with Gasteiger partial charge in [-0.05, 0) is 61.4 Å². The molecular weight excluding hydrogens is 392 g/mol. The third-order valence-electron chi connectivity index (χ3n) is 5.53. The number of nitrogens with one attached hydrogen (secondary N) is 1. The minimum Gasteiger partial charge on any atom is -0.355 e. The molecule has 0 aliphatic carbocycles. The first kappa shape index (κ1) is 21.4. The van der Waals surface area contributed by atoms with Crippen molar-refractivity contribution in [3.63, 3.8) is 0 Å². The van der Waals surface area contributed by atoms with E-state index >= 15 is 0 Å². The molecule has 0 fully saturated rings. The zero-order chi connectivity index (χ0) is 22.5. The zero-order valence-corrected chi connectivity index (χ0v) is 18.8. The molecule has 0 bridgehead atoms. The van der Waals surface area contributed by atoms with Crippen molar-refractivity contribution >= 4 is 28.7 Å². The Morgan fingerprint density at radius 1 is 0.750 bits per heavy atom. The highest BCUT2D eigenvalue weighted by atomic mass is 16.2. The highest BCUT2D eigenvalue weighted by molar-refractivity contribution is 6.00. The molecule has 1 N–H and O–H groups in total. The first-order valence-corrected chi connectivity index (χ1v) is 10.9. The Balaban J connectivity index is 1.74. The largest absolute Gasteiger partial charge is 0.355 e. The smallest absolute Gasteiger partial charge is 0.228 e. The average Bonchev–Trinajstić information content (AvgIpc) is 2.78. The van der Waals surface area contributed by atoms with Gasteiger partial charge in [0.05, 0.1) is 5.69 Å². The fraction of sp³-hybridized carbons (Fsp3) is 0.138. The van der Waals surface area contributed by atoms with Crippen molar-refractivity contribution in [2.45, 2.75) is 27.2 Å². The van der Waals surface area contributed by atoms with Crippen molar-refractivity contribution in [2.75, 3.05) is 10.2 Å². The van der Waals surface area contributed by atoms with Gasteiger partial charge >= 0.3 is 0 Å². The van der Waals surface area contributed by atoms with E-state index in [-0.39, 0.29) is 5.91 Å². The number of nitrogens with zero attached hydrogens (tertiary/aromatic N) is 1.